The van der Waals surface area contributed by atoms with Crippen LogP contribution in [0.1, 0.15) is 24.0 Å². The predicted octanol–water partition coefficient (Wildman–Crippen LogP) is 4.34. The lowest BCUT2D eigenvalue weighted by molar-refractivity contribution is 0.313. The van der Waals surface area contributed by atoms with E-state index in [9.17, 15) is 0 Å². The Morgan fingerprint density at radius 3 is 2.00 bits per heavy atom. The third kappa shape index (κ3) is 2.44. The van der Waals surface area contributed by atoms with Crippen LogP contribution in [0.3, 0.4) is 0 Å². The van der Waals surface area contributed by atoms with Crippen molar-refractivity contribution in [3.63, 3.8) is 0 Å². The SMILES string of the molecule is CN1CCC(=C(c2ccsc2)c2ccsc2)CC1. The van der Waals surface area contributed by atoms with E-state index in [0.29, 0.717) is 0 Å². The minimum atomic E-state index is 1.19. The van der Waals surface area contributed by atoms with Crippen LogP contribution in [0.5, 0.6) is 0 Å². The maximum Gasteiger partial charge on any atom is 0.00160 e. The molecule has 0 saturated carbocycles. The highest BCUT2D eigenvalue weighted by molar-refractivity contribution is 7.08. The Bertz CT molecular complexity index is 477. The number of thiophene rings is 2. The van der Waals surface area contributed by atoms with Crippen LogP contribution in [-0.4, -0.2) is 25.0 Å². The summed E-state index contributed by atoms with van der Waals surface area (Å²) in [6.07, 6.45) is 2.41. The summed E-state index contributed by atoms with van der Waals surface area (Å²) in [4.78, 5) is 2.42. The smallest absolute Gasteiger partial charge is 0.00160 e. The van der Waals surface area contributed by atoms with E-state index in [4.69, 9.17) is 0 Å². The van der Waals surface area contributed by atoms with E-state index in [2.05, 4.69) is 45.6 Å². The number of hydrogen-bond donors (Lipinski definition) is 0. The molecule has 0 bridgehead atoms. The lowest BCUT2D eigenvalue weighted by atomic mass is 9.91. The van der Waals surface area contributed by atoms with Crippen molar-refractivity contribution in [2.45, 2.75) is 12.8 Å². The first-order valence-corrected chi connectivity index (χ1v) is 8.19. The average molecular weight is 275 g/mol. The topological polar surface area (TPSA) is 3.24 Å². The maximum atomic E-state index is 2.42. The molecular weight excluding hydrogens is 258 g/mol. The van der Waals surface area contributed by atoms with Crippen molar-refractivity contribution >= 4 is 28.2 Å². The van der Waals surface area contributed by atoms with Crippen LogP contribution in [-0.2, 0) is 0 Å². The molecule has 0 aliphatic carbocycles. The van der Waals surface area contributed by atoms with Gasteiger partial charge in [-0.3, -0.25) is 0 Å². The first kappa shape index (κ1) is 12.2. The third-order valence-corrected chi connectivity index (χ3v) is 4.93. The zero-order valence-electron chi connectivity index (χ0n) is 10.6. The summed E-state index contributed by atoms with van der Waals surface area (Å²) in [6, 6.07) is 4.51. The van der Waals surface area contributed by atoms with Crippen LogP contribution in [0.2, 0.25) is 0 Å². The Balaban J connectivity index is 2.03. The molecular formula is C15H17NS2. The third-order valence-electron chi connectivity index (χ3n) is 3.56. The van der Waals surface area contributed by atoms with Gasteiger partial charge in [-0.05, 0) is 70.2 Å². The Kier molecular flexibility index (Phi) is 3.64. The van der Waals surface area contributed by atoms with Gasteiger partial charge < -0.3 is 4.90 Å². The Morgan fingerprint density at radius 2 is 1.56 bits per heavy atom. The summed E-state index contributed by atoms with van der Waals surface area (Å²) in [6.45, 7) is 2.38. The van der Waals surface area contributed by atoms with E-state index in [1.165, 1.54) is 42.6 Å². The second kappa shape index (κ2) is 5.39. The van der Waals surface area contributed by atoms with Crippen LogP contribution < -0.4 is 0 Å². The van der Waals surface area contributed by atoms with E-state index in [1.807, 2.05) is 0 Å². The lowest BCUT2D eigenvalue weighted by Gasteiger charge is -2.26. The summed E-state index contributed by atoms with van der Waals surface area (Å²) in [5.74, 6) is 0. The summed E-state index contributed by atoms with van der Waals surface area (Å²) < 4.78 is 0. The summed E-state index contributed by atoms with van der Waals surface area (Å²) >= 11 is 3.58. The first-order valence-electron chi connectivity index (χ1n) is 6.30. The highest BCUT2D eigenvalue weighted by Crippen LogP contribution is 2.34. The van der Waals surface area contributed by atoms with E-state index >= 15 is 0 Å². The molecule has 0 atom stereocenters. The molecule has 18 heavy (non-hydrogen) atoms. The minimum absolute atomic E-state index is 1.19. The zero-order valence-corrected chi connectivity index (χ0v) is 12.2. The van der Waals surface area contributed by atoms with Crippen molar-refractivity contribution in [2.24, 2.45) is 0 Å². The van der Waals surface area contributed by atoms with E-state index in [-0.39, 0.29) is 0 Å². The lowest BCUT2D eigenvalue weighted by Crippen LogP contribution is -2.26. The van der Waals surface area contributed by atoms with Crippen LogP contribution in [0.15, 0.2) is 39.2 Å². The highest BCUT2D eigenvalue weighted by Gasteiger charge is 2.17. The van der Waals surface area contributed by atoms with Crippen molar-refractivity contribution in [1.82, 2.24) is 4.90 Å². The van der Waals surface area contributed by atoms with Gasteiger partial charge in [-0.25, -0.2) is 0 Å². The van der Waals surface area contributed by atoms with Crippen LogP contribution >= 0.6 is 22.7 Å². The second-order valence-electron chi connectivity index (χ2n) is 4.81. The van der Waals surface area contributed by atoms with Crippen molar-refractivity contribution in [3.8, 4) is 0 Å². The fourth-order valence-corrected chi connectivity index (χ4v) is 3.82. The normalized spacial score (nSPS) is 17.1. The van der Waals surface area contributed by atoms with E-state index < -0.39 is 0 Å². The van der Waals surface area contributed by atoms with Gasteiger partial charge in [0.15, 0.2) is 0 Å². The van der Waals surface area contributed by atoms with Gasteiger partial charge in [-0.2, -0.15) is 22.7 Å². The number of piperidine rings is 1. The number of rotatable bonds is 2. The molecule has 0 radical (unpaired) electrons. The van der Waals surface area contributed by atoms with Crippen molar-refractivity contribution < 1.29 is 0 Å². The van der Waals surface area contributed by atoms with Gasteiger partial charge in [-0.15, -0.1) is 0 Å². The quantitative estimate of drug-likeness (QED) is 0.788. The summed E-state index contributed by atoms with van der Waals surface area (Å²) in [5.41, 5.74) is 5.92. The van der Waals surface area contributed by atoms with Gasteiger partial charge in [-0.1, -0.05) is 5.57 Å². The molecule has 1 nitrogen and oxygen atoms in total. The van der Waals surface area contributed by atoms with Gasteiger partial charge in [0, 0.05) is 13.1 Å². The van der Waals surface area contributed by atoms with E-state index in [0.717, 1.165) is 0 Å². The molecule has 0 N–H and O–H groups in total. The number of nitrogens with zero attached hydrogens (tertiary/aromatic N) is 1. The van der Waals surface area contributed by atoms with E-state index in [1.54, 1.807) is 28.2 Å². The van der Waals surface area contributed by atoms with Gasteiger partial charge in [0.2, 0.25) is 0 Å². The van der Waals surface area contributed by atoms with Gasteiger partial charge >= 0.3 is 0 Å². The number of hydrogen-bond acceptors (Lipinski definition) is 3. The summed E-state index contributed by atoms with van der Waals surface area (Å²) in [7, 11) is 2.21. The number of likely N-dealkylation sites (tertiary alicyclic amines) is 1. The Morgan fingerprint density at radius 1 is 1.00 bits per heavy atom. The van der Waals surface area contributed by atoms with Crippen LogP contribution in [0.4, 0.5) is 0 Å². The molecule has 2 aromatic rings. The molecule has 0 amide bonds. The highest BCUT2D eigenvalue weighted by atomic mass is 32.1. The molecule has 94 valence electrons. The summed E-state index contributed by atoms with van der Waals surface area (Å²) in [5, 5.41) is 8.91. The molecule has 0 aromatic carbocycles. The van der Waals surface area contributed by atoms with Gasteiger partial charge in [0.25, 0.3) is 0 Å². The Hall–Kier alpha value is -0.900. The fraction of sp³-hybridized carbons (Fsp3) is 0.333. The molecule has 1 saturated heterocycles. The minimum Gasteiger partial charge on any atom is -0.306 e. The molecule has 2 aromatic heterocycles. The van der Waals surface area contributed by atoms with Crippen LogP contribution in [0, 0.1) is 0 Å². The Labute approximate surface area is 116 Å². The molecule has 0 unspecified atom stereocenters. The van der Waals surface area contributed by atoms with Crippen molar-refractivity contribution in [2.75, 3.05) is 20.1 Å². The molecule has 1 aliphatic rings. The fourth-order valence-electron chi connectivity index (χ4n) is 2.53. The average Bonchev–Trinajstić information content (AvgIpc) is 3.06. The largest absolute Gasteiger partial charge is 0.306 e. The zero-order chi connectivity index (χ0) is 12.4. The molecule has 1 fully saturated rings. The molecule has 0 spiro atoms. The molecule has 3 heteroatoms. The van der Waals surface area contributed by atoms with Crippen LogP contribution in [0.25, 0.3) is 5.57 Å². The first-order chi connectivity index (χ1) is 8.84. The van der Waals surface area contributed by atoms with Gasteiger partial charge in [0.1, 0.15) is 0 Å². The molecule has 3 rings (SSSR count). The maximum absolute atomic E-state index is 2.42. The van der Waals surface area contributed by atoms with Gasteiger partial charge in [0.05, 0.1) is 0 Å². The second-order valence-corrected chi connectivity index (χ2v) is 6.37. The van der Waals surface area contributed by atoms with Crippen molar-refractivity contribution in [3.05, 3.63) is 50.4 Å². The standard InChI is InChI=1S/C15H17NS2/c1-16-6-2-12(3-7-16)15(13-4-8-17-10-13)14-5-9-18-11-14/h4-5,8-11H,2-3,6-7H2,1H3. The molecule has 1 aliphatic heterocycles. The predicted molar refractivity (Wildman–Crippen MR) is 81.4 cm³/mol. The molecule has 3 heterocycles. The van der Waals surface area contributed by atoms with Crippen molar-refractivity contribution in [1.29, 1.82) is 0 Å². The monoisotopic (exact) mass is 275 g/mol.